The standard InChI is InChI=1S/C16H14BrN3/c17-14-8-6-13(7-9-14)12-18-15-4-1-2-5-16(15)20-11-3-10-19-20/h1-11,18H,12H2. The highest BCUT2D eigenvalue weighted by Crippen LogP contribution is 2.20. The Morgan fingerprint density at radius 1 is 1.00 bits per heavy atom. The number of aromatic nitrogens is 2. The van der Waals surface area contributed by atoms with Crippen LogP contribution in [0, 0.1) is 0 Å². The van der Waals surface area contributed by atoms with E-state index >= 15 is 0 Å². The van der Waals surface area contributed by atoms with Crippen LogP contribution in [-0.4, -0.2) is 9.78 Å². The fourth-order valence-electron chi connectivity index (χ4n) is 2.03. The van der Waals surface area contributed by atoms with Crippen LogP contribution in [0.25, 0.3) is 5.69 Å². The second kappa shape index (κ2) is 5.92. The summed E-state index contributed by atoms with van der Waals surface area (Å²) in [7, 11) is 0. The molecule has 3 aromatic rings. The van der Waals surface area contributed by atoms with Crippen molar-refractivity contribution < 1.29 is 0 Å². The predicted octanol–water partition coefficient (Wildman–Crippen LogP) is 4.25. The van der Waals surface area contributed by atoms with E-state index in [1.165, 1.54) is 5.56 Å². The van der Waals surface area contributed by atoms with Gasteiger partial charge in [-0.05, 0) is 35.9 Å². The van der Waals surface area contributed by atoms with Gasteiger partial charge in [-0.15, -0.1) is 0 Å². The number of nitrogens with zero attached hydrogens (tertiary/aromatic N) is 2. The lowest BCUT2D eigenvalue weighted by Gasteiger charge is -2.12. The molecule has 100 valence electrons. The molecule has 0 unspecified atom stereocenters. The first kappa shape index (κ1) is 12.9. The van der Waals surface area contributed by atoms with E-state index in [0.29, 0.717) is 0 Å². The van der Waals surface area contributed by atoms with Crippen molar-refractivity contribution in [1.82, 2.24) is 9.78 Å². The molecule has 1 N–H and O–H groups in total. The molecule has 3 rings (SSSR count). The Kier molecular flexibility index (Phi) is 3.83. The van der Waals surface area contributed by atoms with E-state index in [-0.39, 0.29) is 0 Å². The minimum Gasteiger partial charge on any atom is -0.379 e. The summed E-state index contributed by atoms with van der Waals surface area (Å²) in [4.78, 5) is 0. The molecule has 0 fully saturated rings. The van der Waals surface area contributed by atoms with Crippen molar-refractivity contribution in [2.45, 2.75) is 6.54 Å². The average molecular weight is 328 g/mol. The Hall–Kier alpha value is -2.07. The van der Waals surface area contributed by atoms with Crippen LogP contribution in [0.3, 0.4) is 0 Å². The molecule has 0 spiro atoms. The van der Waals surface area contributed by atoms with Crippen LogP contribution < -0.4 is 5.32 Å². The zero-order valence-electron chi connectivity index (χ0n) is 10.8. The molecule has 0 radical (unpaired) electrons. The van der Waals surface area contributed by atoms with Gasteiger partial charge in [0, 0.05) is 23.4 Å². The third-order valence-electron chi connectivity index (χ3n) is 3.05. The third-order valence-corrected chi connectivity index (χ3v) is 3.58. The molecule has 0 bridgehead atoms. The van der Waals surface area contributed by atoms with Gasteiger partial charge in [0.05, 0.1) is 11.4 Å². The van der Waals surface area contributed by atoms with Gasteiger partial charge in [0.1, 0.15) is 0 Å². The van der Waals surface area contributed by atoms with Crippen molar-refractivity contribution in [3.05, 3.63) is 77.0 Å². The van der Waals surface area contributed by atoms with E-state index in [2.05, 4.69) is 62.7 Å². The summed E-state index contributed by atoms with van der Waals surface area (Å²) in [5, 5.41) is 7.75. The summed E-state index contributed by atoms with van der Waals surface area (Å²) in [6.45, 7) is 0.783. The van der Waals surface area contributed by atoms with Crippen molar-refractivity contribution in [3.8, 4) is 5.69 Å². The molecular formula is C16H14BrN3. The smallest absolute Gasteiger partial charge is 0.0876 e. The SMILES string of the molecule is Brc1ccc(CNc2ccccc2-n2cccn2)cc1. The Labute approximate surface area is 126 Å². The van der Waals surface area contributed by atoms with Crippen molar-refractivity contribution in [2.24, 2.45) is 0 Å². The van der Waals surface area contributed by atoms with E-state index < -0.39 is 0 Å². The van der Waals surface area contributed by atoms with Gasteiger partial charge in [-0.1, -0.05) is 40.2 Å². The number of para-hydroxylation sites is 2. The minimum atomic E-state index is 0.783. The maximum Gasteiger partial charge on any atom is 0.0876 e. The van der Waals surface area contributed by atoms with Crippen LogP contribution in [-0.2, 0) is 6.54 Å². The first-order valence-corrected chi connectivity index (χ1v) is 7.19. The van der Waals surface area contributed by atoms with Crippen LogP contribution in [0.15, 0.2) is 71.5 Å². The highest BCUT2D eigenvalue weighted by atomic mass is 79.9. The topological polar surface area (TPSA) is 29.9 Å². The van der Waals surface area contributed by atoms with Crippen LogP contribution in [0.5, 0.6) is 0 Å². The summed E-state index contributed by atoms with van der Waals surface area (Å²) in [5.74, 6) is 0. The number of benzene rings is 2. The first-order valence-electron chi connectivity index (χ1n) is 6.40. The van der Waals surface area contributed by atoms with Gasteiger partial charge in [0.25, 0.3) is 0 Å². The van der Waals surface area contributed by atoms with Gasteiger partial charge in [-0.2, -0.15) is 5.10 Å². The van der Waals surface area contributed by atoms with Crippen LogP contribution >= 0.6 is 15.9 Å². The number of hydrogen-bond acceptors (Lipinski definition) is 2. The summed E-state index contributed by atoms with van der Waals surface area (Å²) in [6.07, 6.45) is 3.73. The monoisotopic (exact) mass is 327 g/mol. The summed E-state index contributed by atoms with van der Waals surface area (Å²) >= 11 is 3.45. The lowest BCUT2D eigenvalue weighted by Crippen LogP contribution is -2.04. The molecule has 0 amide bonds. The Morgan fingerprint density at radius 2 is 1.80 bits per heavy atom. The maximum atomic E-state index is 4.28. The largest absolute Gasteiger partial charge is 0.379 e. The molecule has 1 heterocycles. The lowest BCUT2D eigenvalue weighted by molar-refractivity contribution is 0.879. The minimum absolute atomic E-state index is 0.783. The molecule has 4 heteroatoms. The molecule has 3 nitrogen and oxygen atoms in total. The van der Waals surface area contributed by atoms with Crippen LogP contribution in [0.2, 0.25) is 0 Å². The molecule has 0 saturated heterocycles. The molecular weight excluding hydrogens is 314 g/mol. The van der Waals surface area contributed by atoms with Crippen molar-refractivity contribution in [3.63, 3.8) is 0 Å². The van der Waals surface area contributed by atoms with Crippen LogP contribution in [0.1, 0.15) is 5.56 Å². The second-order valence-electron chi connectivity index (χ2n) is 4.45. The fourth-order valence-corrected chi connectivity index (χ4v) is 2.30. The number of halogens is 1. The molecule has 0 atom stereocenters. The van der Waals surface area contributed by atoms with E-state index in [1.54, 1.807) is 6.20 Å². The molecule has 1 aromatic heterocycles. The van der Waals surface area contributed by atoms with Gasteiger partial charge < -0.3 is 5.32 Å². The van der Waals surface area contributed by atoms with Crippen LogP contribution in [0.4, 0.5) is 5.69 Å². The Morgan fingerprint density at radius 3 is 2.55 bits per heavy atom. The normalized spacial score (nSPS) is 10.4. The van der Waals surface area contributed by atoms with Gasteiger partial charge in [0.15, 0.2) is 0 Å². The van der Waals surface area contributed by atoms with E-state index in [0.717, 1.165) is 22.4 Å². The average Bonchev–Trinajstić information content (AvgIpc) is 3.01. The lowest BCUT2D eigenvalue weighted by atomic mass is 10.2. The molecule has 0 aliphatic heterocycles. The summed E-state index contributed by atoms with van der Waals surface area (Å²) in [5.41, 5.74) is 3.36. The number of hydrogen-bond donors (Lipinski definition) is 1. The highest BCUT2D eigenvalue weighted by molar-refractivity contribution is 9.10. The zero-order chi connectivity index (χ0) is 13.8. The van der Waals surface area contributed by atoms with Crippen molar-refractivity contribution in [2.75, 3.05) is 5.32 Å². The molecule has 0 aliphatic carbocycles. The van der Waals surface area contributed by atoms with Gasteiger partial charge in [-0.3, -0.25) is 0 Å². The number of nitrogens with one attached hydrogen (secondary N) is 1. The fraction of sp³-hybridized carbons (Fsp3) is 0.0625. The summed E-state index contributed by atoms with van der Waals surface area (Å²) < 4.78 is 2.96. The van der Waals surface area contributed by atoms with E-state index in [4.69, 9.17) is 0 Å². The number of anilines is 1. The van der Waals surface area contributed by atoms with Gasteiger partial charge in [0.2, 0.25) is 0 Å². The van der Waals surface area contributed by atoms with E-state index in [1.807, 2.05) is 29.1 Å². The van der Waals surface area contributed by atoms with Gasteiger partial charge in [-0.25, -0.2) is 4.68 Å². The van der Waals surface area contributed by atoms with Crippen molar-refractivity contribution >= 4 is 21.6 Å². The maximum absolute atomic E-state index is 4.28. The Bertz CT molecular complexity index is 675. The van der Waals surface area contributed by atoms with Crippen molar-refractivity contribution in [1.29, 1.82) is 0 Å². The number of rotatable bonds is 4. The first-order chi connectivity index (χ1) is 9.83. The molecule has 0 saturated carbocycles. The summed E-state index contributed by atoms with van der Waals surface area (Å²) in [6, 6.07) is 18.4. The molecule has 0 aliphatic rings. The third kappa shape index (κ3) is 2.91. The zero-order valence-corrected chi connectivity index (χ0v) is 12.4. The van der Waals surface area contributed by atoms with E-state index in [9.17, 15) is 0 Å². The molecule has 2 aromatic carbocycles. The molecule has 20 heavy (non-hydrogen) atoms. The second-order valence-corrected chi connectivity index (χ2v) is 5.36. The highest BCUT2D eigenvalue weighted by Gasteiger charge is 2.03. The quantitative estimate of drug-likeness (QED) is 0.776. The Balaban J connectivity index is 1.79. The predicted molar refractivity (Wildman–Crippen MR) is 85.0 cm³/mol. The van der Waals surface area contributed by atoms with Gasteiger partial charge >= 0.3 is 0 Å².